The Balaban J connectivity index is 2.41. The van der Waals surface area contributed by atoms with Gasteiger partial charge in [0.1, 0.15) is 0 Å². The summed E-state index contributed by atoms with van der Waals surface area (Å²) < 4.78 is 10.8. The minimum atomic E-state index is -0.500. The van der Waals surface area contributed by atoms with Gasteiger partial charge in [-0.05, 0) is 20.3 Å². The Hall–Kier alpha value is -0.590. The van der Waals surface area contributed by atoms with Gasteiger partial charge in [-0.1, -0.05) is 0 Å². The maximum absolute atomic E-state index is 8.42. The third-order valence-electron chi connectivity index (χ3n) is 1.66. The Kier molecular flexibility index (Phi) is 2.48. The fourth-order valence-electron chi connectivity index (χ4n) is 1.18. The van der Waals surface area contributed by atoms with E-state index in [4.69, 9.17) is 14.7 Å². The van der Waals surface area contributed by atoms with E-state index in [0.29, 0.717) is 13.0 Å². The molecule has 0 spiro atoms. The largest absolute Gasteiger partial charge is 0.350 e. The lowest BCUT2D eigenvalue weighted by molar-refractivity contribution is -0.271. The van der Waals surface area contributed by atoms with Crippen molar-refractivity contribution in [1.29, 1.82) is 5.26 Å². The van der Waals surface area contributed by atoms with E-state index < -0.39 is 5.79 Å². The van der Waals surface area contributed by atoms with Crippen LogP contribution in [0.25, 0.3) is 0 Å². The van der Waals surface area contributed by atoms with Crippen LogP contribution in [-0.2, 0) is 9.47 Å². The topological polar surface area (TPSA) is 42.2 Å². The Morgan fingerprint density at radius 1 is 1.64 bits per heavy atom. The third kappa shape index (κ3) is 2.49. The number of ether oxygens (including phenoxy) is 2. The van der Waals surface area contributed by atoms with Crippen LogP contribution in [0.3, 0.4) is 0 Å². The second kappa shape index (κ2) is 3.21. The first-order chi connectivity index (χ1) is 5.14. The lowest BCUT2D eigenvalue weighted by Gasteiger charge is -2.35. The van der Waals surface area contributed by atoms with E-state index in [1.165, 1.54) is 0 Å². The minimum absolute atomic E-state index is 0.0590. The van der Waals surface area contributed by atoms with Crippen molar-refractivity contribution in [3.05, 3.63) is 0 Å². The van der Waals surface area contributed by atoms with E-state index in [1.54, 1.807) is 0 Å². The molecule has 1 aliphatic heterocycles. The lowest BCUT2D eigenvalue weighted by atomic mass is 10.1. The Labute approximate surface area is 66.9 Å². The molecule has 11 heavy (non-hydrogen) atoms. The van der Waals surface area contributed by atoms with Crippen LogP contribution >= 0.6 is 0 Å². The van der Waals surface area contributed by atoms with E-state index in [0.717, 1.165) is 6.42 Å². The molecule has 62 valence electrons. The normalized spacial score (nSPS) is 29.4. The average Bonchev–Trinajstić information content (AvgIpc) is 1.85. The van der Waals surface area contributed by atoms with E-state index in [-0.39, 0.29) is 6.10 Å². The maximum Gasteiger partial charge on any atom is 0.163 e. The smallest absolute Gasteiger partial charge is 0.163 e. The summed E-state index contributed by atoms with van der Waals surface area (Å²) in [7, 11) is 0. The van der Waals surface area contributed by atoms with E-state index in [1.807, 2.05) is 13.8 Å². The molecule has 1 rings (SSSR count). The summed E-state index contributed by atoms with van der Waals surface area (Å²) in [6.07, 6.45) is 1.35. The van der Waals surface area contributed by atoms with Gasteiger partial charge in [0, 0.05) is 0 Å². The van der Waals surface area contributed by atoms with Crippen LogP contribution in [0.1, 0.15) is 26.7 Å². The lowest BCUT2D eigenvalue weighted by Crippen LogP contribution is -2.39. The van der Waals surface area contributed by atoms with Gasteiger partial charge in [-0.25, -0.2) is 0 Å². The molecule has 1 unspecified atom stereocenters. The van der Waals surface area contributed by atoms with Gasteiger partial charge < -0.3 is 9.47 Å². The van der Waals surface area contributed by atoms with Crippen molar-refractivity contribution in [3.63, 3.8) is 0 Å². The minimum Gasteiger partial charge on any atom is -0.350 e. The zero-order chi connectivity index (χ0) is 8.32. The molecule has 0 aromatic heterocycles. The van der Waals surface area contributed by atoms with Crippen molar-refractivity contribution < 1.29 is 9.47 Å². The highest BCUT2D eigenvalue weighted by Crippen LogP contribution is 2.23. The number of nitrogens with zero attached hydrogens (tertiary/aromatic N) is 1. The molecule has 0 amide bonds. The van der Waals surface area contributed by atoms with Crippen molar-refractivity contribution in [3.8, 4) is 6.07 Å². The zero-order valence-corrected chi connectivity index (χ0v) is 6.96. The molecule has 0 bridgehead atoms. The van der Waals surface area contributed by atoms with Crippen molar-refractivity contribution in [2.75, 3.05) is 6.61 Å². The van der Waals surface area contributed by atoms with Crippen molar-refractivity contribution in [2.45, 2.75) is 38.6 Å². The molecule has 0 saturated carbocycles. The van der Waals surface area contributed by atoms with Gasteiger partial charge in [-0.15, -0.1) is 0 Å². The van der Waals surface area contributed by atoms with Gasteiger partial charge in [-0.3, -0.25) is 0 Å². The van der Waals surface area contributed by atoms with Gasteiger partial charge in [0.2, 0.25) is 0 Å². The van der Waals surface area contributed by atoms with Crippen LogP contribution in [0.15, 0.2) is 0 Å². The highest BCUT2D eigenvalue weighted by Gasteiger charge is 2.28. The van der Waals surface area contributed by atoms with Crippen molar-refractivity contribution in [2.24, 2.45) is 0 Å². The van der Waals surface area contributed by atoms with E-state index in [2.05, 4.69) is 6.07 Å². The van der Waals surface area contributed by atoms with Gasteiger partial charge in [-0.2, -0.15) is 5.26 Å². The van der Waals surface area contributed by atoms with Crippen molar-refractivity contribution >= 4 is 0 Å². The summed E-state index contributed by atoms with van der Waals surface area (Å²) in [5.41, 5.74) is 0. The van der Waals surface area contributed by atoms with Crippen LogP contribution in [0.4, 0.5) is 0 Å². The molecule has 1 aliphatic rings. The number of hydrogen-bond donors (Lipinski definition) is 0. The summed E-state index contributed by atoms with van der Waals surface area (Å²) in [6.45, 7) is 4.44. The standard InChI is InChI=1S/C8H13NO2/c1-8(2)10-6-4-7(11-8)3-5-9/h7H,3-4,6H2,1-2H3. The third-order valence-corrected chi connectivity index (χ3v) is 1.66. The summed E-state index contributed by atoms with van der Waals surface area (Å²) in [5.74, 6) is -0.500. The predicted molar refractivity (Wildman–Crippen MR) is 39.8 cm³/mol. The second-order valence-corrected chi connectivity index (χ2v) is 3.14. The Bertz CT molecular complexity index is 171. The van der Waals surface area contributed by atoms with Crippen LogP contribution in [-0.4, -0.2) is 18.5 Å². The fourth-order valence-corrected chi connectivity index (χ4v) is 1.18. The first-order valence-electron chi connectivity index (χ1n) is 3.83. The molecule has 0 aliphatic carbocycles. The van der Waals surface area contributed by atoms with Gasteiger partial charge >= 0.3 is 0 Å². The summed E-state index contributed by atoms with van der Waals surface area (Å²) in [4.78, 5) is 0. The molecule has 0 radical (unpaired) electrons. The second-order valence-electron chi connectivity index (χ2n) is 3.14. The number of nitriles is 1. The highest BCUT2D eigenvalue weighted by molar-refractivity contribution is 4.79. The zero-order valence-electron chi connectivity index (χ0n) is 6.96. The average molecular weight is 155 g/mol. The van der Waals surface area contributed by atoms with Gasteiger partial charge in [0.15, 0.2) is 5.79 Å². The first kappa shape index (κ1) is 8.51. The Morgan fingerprint density at radius 2 is 2.36 bits per heavy atom. The molecule has 1 heterocycles. The SMILES string of the molecule is CC1(C)OCCC(CC#N)O1. The van der Waals surface area contributed by atoms with E-state index >= 15 is 0 Å². The van der Waals surface area contributed by atoms with Crippen LogP contribution in [0, 0.1) is 11.3 Å². The van der Waals surface area contributed by atoms with Gasteiger partial charge in [0.05, 0.1) is 25.2 Å². The molecule has 0 aromatic rings. The Morgan fingerprint density at radius 3 is 2.91 bits per heavy atom. The summed E-state index contributed by atoms with van der Waals surface area (Å²) in [5, 5.41) is 8.42. The quantitative estimate of drug-likeness (QED) is 0.575. The molecule has 0 aromatic carbocycles. The number of hydrogen-bond acceptors (Lipinski definition) is 3. The molecule has 1 fully saturated rings. The fraction of sp³-hybridized carbons (Fsp3) is 0.875. The van der Waals surface area contributed by atoms with Gasteiger partial charge in [0.25, 0.3) is 0 Å². The molecule has 0 N–H and O–H groups in total. The molecule has 1 saturated heterocycles. The molecular weight excluding hydrogens is 142 g/mol. The molecular formula is C8H13NO2. The highest BCUT2D eigenvalue weighted by atomic mass is 16.7. The molecule has 3 heteroatoms. The van der Waals surface area contributed by atoms with E-state index in [9.17, 15) is 0 Å². The first-order valence-corrected chi connectivity index (χ1v) is 3.83. The summed E-state index contributed by atoms with van der Waals surface area (Å²) in [6, 6.07) is 2.09. The van der Waals surface area contributed by atoms with Crippen LogP contribution in [0.2, 0.25) is 0 Å². The maximum atomic E-state index is 8.42. The van der Waals surface area contributed by atoms with Crippen LogP contribution in [0.5, 0.6) is 0 Å². The number of rotatable bonds is 1. The molecule has 3 nitrogen and oxygen atoms in total. The molecule has 1 atom stereocenters. The summed E-state index contributed by atoms with van der Waals surface area (Å²) >= 11 is 0. The monoisotopic (exact) mass is 155 g/mol. The van der Waals surface area contributed by atoms with Crippen molar-refractivity contribution in [1.82, 2.24) is 0 Å². The predicted octanol–water partition coefficient (Wildman–Crippen LogP) is 1.44. The van der Waals surface area contributed by atoms with Crippen LogP contribution < -0.4 is 0 Å².